The van der Waals surface area contributed by atoms with Gasteiger partial charge in [-0.2, -0.15) is 12.6 Å². The van der Waals surface area contributed by atoms with Gasteiger partial charge in [0.05, 0.1) is 6.61 Å². The first-order chi connectivity index (χ1) is 11.2. The molecule has 0 radical (unpaired) electrons. The highest BCUT2D eigenvalue weighted by Gasteiger charge is 2.06. The van der Waals surface area contributed by atoms with Gasteiger partial charge in [-0.3, -0.25) is 0 Å². The van der Waals surface area contributed by atoms with Crippen molar-refractivity contribution in [2.45, 2.75) is 16.6 Å². The minimum absolute atomic E-state index is 0.170. The second kappa shape index (κ2) is 10.1. The number of hydrogen-bond donors (Lipinski definition) is 1. The molecule has 1 unspecified atom stereocenters. The van der Waals surface area contributed by atoms with E-state index in [9.17, 15) is 0 Å². The Bertz CT molecular complexity index is 573. The molecule has 2 aromatic carbocycles. The minimum Gasteiger partial charge on any atom is -0.492 e. The molecular formula is C18H21ClO2S2. The van der Waals surface area contributed by atoms with Crippen molar-refractivity contribution in [2.75, 3.05) is 26.1 Å². The molecule has 1 atom stereocenters. The molecule has 2 nitrogen and oxygen atoms in total. The monoisotopic (exact) mass is 368 g/mol. The fourth-order valence-corrected chi connectivity index (χ4v) is 3.17. The normalized spacial score (nSPS) is 12.1. The highest BCUT2D eigenvalue weighted by Crippen LogP contribution is 2.22. The number of thiol groups is 1. The summed E-state index contributed by atoms with van der Waals surface area (Å²) in [4.78, 5) is 1.19. The lowest BCUT2D eigenvalue weighted by atomic mass is 10.1. The summed E-state index contributed by atoms with van der Waals surface area (Å²) < 4.78 is 10.9. The molecule has 0 aliphatic carbocycles. The maximum atomic E-state index is 5.88. The first-order valence-electron chi connectivity index (χ1n) is 7.44. The summed E-state index contributed by atoms with van der Waals surface area (Å²) in [5.74, 6) is 1.76. The predicted octanol–water partition coefficient (Wildman–Crippen LogP) is 5.00. The molecule has 2 aromatic rings. The van der Waals surface area contributed by atoms with E-state index in [1.165, 1.54) is 10.5 Å². The van der Waals surface area contributed by atoms with Gasteiger partial charge in [0.2, 0.25) is 0 Å². The summed E-state index contributed by atoms with van der Waals surface area (Å²) in [5.41, 5.74) is 1.25. The standard InChI is InChI=1S/C18H21ClO2S2/c1-20-11-10-14-2-6-16(7-3-14)21-12-17(22)13-23-18-8-4-15(19)5-9-18/h2-9,17,22H,10-13H2,1H3. The van der Waals surface area contributed by atoms with Crippen LogP contribution < -0.4 is 4.74 Å². The molecule has 2 rings (SSSR count). The summed E-state index contributed by atoms with van der Waals surface area (Å²) >= 11 is 12.2. The molecule has 0 spiro atoms. The van der Waals surface area contributed by atoms with E-state index in [0.29, 0.717) is 6.61 Å². The second-order valence-electron chi connectivity index (χ2n) is 5.12. The first kappa shape index (κ1) is 18.5. The van der Waals surface area contributed by atoms with E-state index in [-0.39, 0.29) is 5.25 Å². The molecular weight excluding hydrogens is 348 g/mol. The number of ether oxygens (including phenoxy) is 2. The van der Waals surface area contributed by atoms with Gasteiger partial charge in [-0.1, -0.05) is 23.7 Å². The van der Waals surface area contributed by atoms with Crippen LogP contribution in [-0.4, -0.2) is 31.3 Å². The number of benzene rings is 2. The van der Waals surface area contributed by atoms with Crippen LogP contribution in [0.15, 0.2) is 53.4 Å². The van der Waals surface area contributed by atoms with E-state index in [2.05, 4.69) is 24.8 Å². The number of thioether (sulfide) groups is 1. The zero-order valence-electron chi connectivity index (χ0n) is 13.1. The Balaban J connectivity index is 1.71. The van der Waals surface area contributed by atoms with Crippen LogP contribution in [0.1, 0.15) is 5.56 Å². The van der Waals surface area contributed by atoms with E-state index in [4.69, 9.17) is 21.1 Å². The number of hydrogen-bond acceptors (Lipinski definition) is 4. The zero-order chi connectivity index (χ0) is 16.5. The third-order valence-corrected chi connectivity index (χ3v) is 5.22. The molecule has 0 amide bonds. The topological polar surface area (TPSA) is 18.5 Å². The van der Waals surface area contributed by atoms with Crippen LogP contribution in [0.25, 0.3) is 0 Å². The van der Waals surface area contributed by atoms with Gasteiger partial charge in [0.1, 0.15) is 12.4 Å². The fourth-order valence-electron chi connectivity index (χ4n) is 1.94. The van der Waals surface area contributed by atoms with Gasteiger partial charge in [-0.05, 0) is 48.4 Å². The van der Waals surface area contributed by atoms with E-state index >= 15 is 0 Å². The van der Waals surface area contributed by atoms with Crippen LogP contribution in [0.4, 0.5) is 0 Å². The van der Waals surface area contributed by atoms with Gasteiger partial charge in [0.15, 0.2) is 0 Å². The first-order valence-corrected chi connectivity index (χ1v) is 9.32. The van der Waals surface area contributed by atoms with Crippen molar-refractivity contribution in [2.24, 2.45) is 0 Å². The Morgan fingerprint density at radius 3 is 2.43 bits per heavy atom. The summed E-state index contributed by atoms with van der Waals surface area (Å²) in [6.45, 7) is 1.32. The average Bonchev–Trinajstić information content (AvgIpc) is 2.58. The summed E-state index contributed by atoms with van der Waals surface area (Å²) in [6, 6.07) is 16.0. The van der Waals surface area contributed by atoms with Gasteiger partial charge in [-0.15, -0.1) is 11.8 Å². The number of rotatable bonds is 9. The SMILES string of the molecule is COCCc1ccc(OCC(S)CSc2ccc(Cl)cc2)cc1. The van der Waals surface area contributed by atoms with Crippen LogP contribution in [0.2, 0.25) is 5.02 Å². The fraction of sp³-hybridized carbons (Fsp3) is 0.333. The van der Waals surface area contributed by atoms with Gasteiger partial charge in [-0.25, -0.2) is 0 Å². The summed E-state index contributed by atoms with van der Waals surface area (Å²) in [7, 11) is 1.71. The van der Waals surface area contributed by atoms with Crippen molar-refractivity contribution >= 4 is 36.0 Å². The van der Waals surface area contributed by atoms with E-state index in [0.717, 1.165) is 29.6 Å². The predicted molar refractivity (Wildman–Crippen MR) is 102 cm³/mol. The van der Waals surface area contributed by atoms with Crippen LogP contribution in [0.3, 0.4) is 0 Å². The van der Waals surface area contributed by atoms with Crippen molar-refractivity contribution in [3.05, 3.63) is 59.1 Å². The third-order valence-electron chi connectivity index (χ3n) is 3.22. The highest BCUT2D eigenvalue weighted by atomic mass is 35.5. The Morgan fingerprint density at radius 2 is 1.78 bits per heavy atom. The second-order valence-corrected chi connectivity index (χ2v) is 7.38. The molecule has 23 heavy (non-hydrogen) atoms. The van der Waals surface area contributed by atoms with Crippen molar-refractivity contribution in [1.82, 2.24) is 0 Å². The molecule has 0 saturated heterocycles. The largest absolute Gasteiger partial charge is 0.492 e. The molecule has 124 valence electrons. The summed E-state index contributed by atoms with van der Waals surface area (Å²) in [6.07, 6.45) is 0.920. The molecule has 0 fully saturated rings. The maximum absolute atomic E-state index is 5.88. The lowest BCUT2D eigenvalue weighted by Gasteiger charge is -2.12. The van der Waals surface area contributed by atoms with Crippen molar-refractivity contribution in [1.29, 1.82) is 0 Å². The smallest absolute Gasteiger partial charge is 0.119 e. The summed E-state index contributed by atoms with van der Waals surface area (Å²) in [5, 5.41) is 0.929. The number of methoxy groups -OCH3 is 1. The Morgan fingerprint density at radius 1 is 1.09 bits per heavy atom. The molecule has 5 heteroatoms. The molecule has 0 aliphatic heterocycles. The molecule has 0 aliphatic rings. The van der Waals surface area contributed by atoms with E-state index in [1.54, 1.807) is 18.9 Å². The van der Waals surface area contributed by atoms with Crippen LogP contribution in [0.5, 0.6) is 5.75 Å². The highest BCUT2D eigenvalue weighted by molar-refractivity contribution is 8.00. The molecule has 0 N–H and O–H groups in total. The van der Waals surface area contributed by atoms with Crippen LogP contribution in [-0.2, 0) is 11.2 Å². The van der Waals surface area contributed by atoms with E-state index in [1.807, 2.05) is 36.4 Å². The van der Waals surface area contributed by atoms with Gasteiger partial charge in [0, 0.05) is 28.0 Å². The Labute approximate surface area is 152 Å². The van der Waals surface area contributed by atoms with Crippen molar-refractivity contribution < 1.29 is 9.47 Å². The van der Waals surface area contributed by atoms with Gasteiger partial charge in [0.25, 0.3) is 0 Å². The lowest BCUT2D eigenvalue weighted by molar-refractivity contribution is 0.202. The molecule has 0 aromatic heterocycles. The van der Waals surface area contributed by atoms with Crippen molar-refractivity contribution in [3.63, 3.8) is 0 Å². The van der Waals surface area contributed by atoms with Crippen LogP contribution in [0, 0.1) is 0 Å². The Hall–Kier alpha value is -0.810. The number of halogens is 1. The molecule has 0 bridgehead atoms. The zero-order valence-corrected chi connectivity index (χ0v) is 15.5. The average molecular weight is 369 g/mol. The Kier molecular flexibility index (Phi) is 8.17. The minimum atomic E-state index is 0.170. The van der Waals surface area contributed by atoms with Crippen molar-refractivity contribution in [3.8, 4) is 5.75 Å². The quantitative estimate of drug-likeness (QED) is 0.496. The van der Waals surface area contributed by atoms with Gasteiger partial charge >= 0.3 is 0 Å². The van der Waals surface area contributed by atoms with Gasteiger partial charge < -0.3 is 9.47 Å². The van der Waals surface area contributed by atoms with E-state index < -0.39 is 0 Å². The lowest BCUT2D eigenvalue weighted by Crippen LogP contribution is -2.14. The van der Waals surface area contributed by atoms with Crippen LogP contribution >= 0.6 is 36.0 Å². The molecule has 0 heterocycles. The maximum Gasteiger partial charge on any atom is 0.119 e. The third kappa shape index (κ3) is 7.08. The molecule has 0 saturated carbocycles.